The van der Waals surface area contributed by atoms with E-state index in [1.165, 1.54) is 0 Å². The van der Waals surface area contributed by atoms with Crippen molar-refractivity contribution < 1.29 is 18.7 Å². The minimum Gasteiger partial charge on any atom is -0.456 e. The predicted octanol–water partition coefficient (Wildman–Crippen LogP) is 0.702. The van der Waals surface area contributed by atoms with E-state index in [1.807, 2.05) is 0 Å². The second-order valence-electron chi connectivity index (χ2n) is 4.91. The van der Waals surface area contributed by atoms with Crippen LogP contribution >= 0.6 is 0 Å². The van der Waals surface area contributed by atoms with Crippen molar-refractivity contribution in [2.45, 2.75) is 6.92 Å². The number of amides is 3. The van der Waals surface area contributed by atoms with Crippen molar-refractivity contribution in [1.82, 2.24) is 15.1 Å². The Balaban J connectivity index is 1.80. The number of furan rings is 1. The third-order valence-corrected chi connectivity index (χ3v) is 3.39. The van der Waals surface area contributed by atoms with E-state index in [0.717, 1.165) is 5.76 Å². The molecule has 1 aliphatic heterocycles. The molecule has 116 valence electrons. The molecule has 0 aromatic carbocycles. The number of carbonyl (C=O) groups excluding carboxylic acids is 2. The summed E-state index contributed by atoms with van der Waals surface area (Å²) >= 11 is 0. The highest BCUT2D eigenvalue weighted by Gasteiger charge is 2.26. The Bertz CT molecular complexity index is 492. The lowest BCUT2D eigenvalue weighted by molar-refractivity contribution is 0.0632. The molecule has 0 unspecified atom stereocenters. The maximum atomic E-state index is 12.2. The van der Waals surface area contributed by atoms with Crippen molar-refractivity contribution in [2.24, 2.45) is 0 Å². The topological polar surface area (TPSA) is 75.0 Å². The number of methoxy groups -OCH3 is 1. The summed E-state index contributed by atoms with van der Waals surface area (Å²) in [4.78, 5) is 27.5. The SMILES string of the molecule is COCCNC(=O)N1CCN(C(=O)c2ccc(C)o2)CC1. The van der Waals surface area contributed by atoms with Gasteiger partial charge in [0.1, 0.15) is 5.76 Å². The van der Waals surface area contributed by atoms with Gasteiger partial charge in [0.2, 0.25) is 0 Å². The highest BCUT2D eigenvalue weighted by atomic mass is 16.5. The summed E-state index contributed by atoms with van der Waals surface area (Å²) in [7, 11) is 1.59. The van der Waals surface area contributed by atoms with Gasteiger partial charge in [-0.1, -0.05) is 0 Å². The largest absolute Gasteiger partial charge is 0.456 e. The van der Waals surface area contributed by atoms with E-state index in [1.54, 1.807) is 36.0 Å². The Kier molecular flexibility index (Phi) is 5.21. The normalized spacial score (nSPS) is 15.1. The third-order valence-electron chi connectivity index (χ3n) is 3.39. The average molecular weight is 295 g/mol. The van der Waals surface area contributed by atoms with Crippen molar-refractivity contribution in [3.63, 3.8) is 0 Å². The minimum absolute atomic E-state index is 0.118. The lowest BCUT2D eigenvalue weighted by atomic mass is 10.3. The van der Waals surface area contributed by atoms with Crippen LogP contribution < -0.4 is 5.32 Å². The molecular formula is C14H21N3O4. The van der Waals surface area contributed by atoms with Gasteiger partial charge in [-0.3, -0.25) is 4.79 Å². The van der Waals surface area contributed by atoms with Crippen LogP contribution in [0.5, 0.6) is 0 Å². The average Bonchev–Trinajstić information content (AvgIpc) is 2.93. The van der Waals surface area contributed by atoms with Gasteiger partial charge in [0.25, 0.3) is 5.91 Å². The Labute approximate surface area is 123 Å². The number of nitrogens with zero attached hydrogens (tertiary/aromatic N) is 2. The summed E-state index contributed by atoms with van der Waals surface area (Å²) < 4.78 is 10.2. The van der Waals surface area contributed by atoms with E-state index in [2.05, 4.69) is 5.32 Å². The first-order valence-corrected chi connectivity index (χ1v) is 6.99. The van der Waals surface area contributed by atoms with E-state index in [0.29, 0.717) is 45.1 Å². The molecule has 0 spiro atoms. The van der Waals surface area contributed by atoms with E-state index in [4.69, 9.17) is 9.15 Å². The van der Waals surface area contributed by atoms with Crippen LogP contribution in [0.3, 0.4) is 0 Å². The van der Waals surface area contributed by atoms with Gasteiger partial charge in [0.15, 0.2) is 5.76 Å². The van der Waals surface area contributed by atoms with Gasteiger partial charge in [-0.05, 0) is 19.1 Å². The smallest absolute Gasteiger partial charge is 0.317 e. The second kappa shape index (κ2) is 7.12. The van der Waals surface area contributed by atoms with E-state index in [9.17, 15) is 9.59 Å². The standard InChI is InChI=1S/C14H21N3O4/c1-11-3-4-12(21-11)13(18)16-6-8-17(9-7-16)14(19)15-5-10-20-2/h3-4H,5-10H2,1-2H3,(H,15,19). The zero-order chi connectivity index (χ0) is 15.2. The van der Waals surface area contributed by atoms with Crippen LogP contribution in [0.1, 0.15) is 16.3 Å². The summed E-state index contributed by atoms with van der Waals surface area (Å²) in [6.45, 7) is 4.84. The highest BCUT2D eigenvalue weighted by molar-refractivity contribution is 5.91. The van der Waals surface area contributed by atoms with Crippen LogP contribution in [-0.2, 0) is 4.74 Å². The Morgan fingerprint density at radius 1 is 1.24 bits per heavy atom. The first-order chi connectivity index (χ1) is 10.1. The van der Waals surface area contributed by atoms with E-state index < -0.39 is 0 Å². The summed E-state index contributed by atoms with van der Waals surface area (Å²) in [6, 6.07) is 3.34. The Morgan fingerprint density at radius 2 is 1.90 bits per heavy atom. The van der Waals surface area contributed by atoms with Crippen LogP contribution in [-0.4, -0.2) is 68.2 Å². The lowest BCUT2D eigenvalue weighted by Gasteiger charge is -2.34. The molecule has 1 aromatic rings. The summed E-state index contributed by atoms with van der Waals surface area (Å²) in [6.07, 6.45) is 0. The number of ether oxygens (including phenoxy) is 1. The maximum Gasteiger partial charge on any atom is 0.317 e. The van der Waals surface area contributed by atoms with Crippen molar-refractivity contribution >= 4 is 11.9 Å². The molecule has 3 amide bonds. The quantitative estimate of drug-likeness (QED) is 0.830. The zero-order valence-electron chi connectivity index (χ0n) is 12.4. The van der Waals surface area contributed by atoms with Gasteiger partial charge in [-0.25, -0.2) is 4.79 Å². The van der Waals surface area contributed by atoms with Gasteiger partial charge in [0, 0.05) is 39.8 Å². The number of aryl methyl sites for hydroxylation is 1. The highest BCUT2D eigenvalue weighted by Crippen LogP contribution is 2.12. The molecule has 1 fully saturated rings. The fourth-order valence-corrected chi connectivity index (χ4v) is 2.19. The molecule has 0 radical (unpaired) electrons. The van der Waals surface area contributed by atoms with Gasteiger partial charge < -0.3 is 24.3 Å². The van der Waals surface area contributed by atoms with Crippen LogP contribution in [0.2, 0.25) is 0 Å². The monoisotopic (exact) mass is 295 g/mol. The molecule has 0 bridgehead atoms. The molecule has 0 atom stereocenters. The van der Waals surface area contributed by atoms with Crippen molar-refractivity contribution in [2.75, 3.05) is 46.4 Å². The number of rotatable bonds is 4. The predicted molar refractivity (Wildman–Crippen MR) is 76.2 cm³/mol. The molecule has 0 saturated carbocycles. The fraction of sp³-hybridized carbons (Fsp3) is 0.571. The van der Waals surface area contributed by atoms with Gasteiger partial charge in [0.05, 0.1) is 6.61 Å². The molecular weight excluding hydrogens is 274 g/mol. The number of hydrogen-bond acceptors (Lipinski definition) is 4. The van der Waals surface area contributed by atoms with Crippen LogP contribution in [0.25, 0.3) is 0 Å². The minimum atomic E-state index is -0.123. The van der Waals surface area contributed by atoms with Gasteiger partial charge >= 0.3 is 6.03 Å². The Morgan fingerprint density at radius 3 is 2.48 bits per heavy atom. The molecule has 2 heterocycles. The van der Waals surface area contributed by atoms with Crippen molar-refractivity contribution in [1.29, 1.82) is 0 Å². The number of piperazine rings is 1. The van der Waals surface area contributed by atoms with Crippen LogP contribution in [0.4, 0.5) is 4.79 Å². The molecule has 2 rings (SSSR count). The maximum absolute atomic E-state index is 12.2. The Hall–Kier alpha value is -2.02. The van der Waals surface area contributed by atoms with Crippen molar-refractivity contribution in [3.05, 3.63) is 23.7 Å². The number of urea groups is 1. The van der Waals surface area contributed by atoms with Gasteiger partial charge in [-0.2, -0.15) is 0 Å². The molecule has 1 saturated heterocycles. The summed E-state index contributed by atoms with van der Waals surface area (Å²) in [5.74, 6) is 0.947. The fourth-order valence-electron chi connectivity index (χ4n) is 2.19. The molecule has 7 nitrogen and oxygen atoms in total. The number of carbonyl (C=O) groups is 2. The van der Waals surface area contributed by atoms with E-state index in [-0.39, 0.29) is 11.9 Å². The van der Waals surface area contributed by atoms with Crippen LogP contribution in [0, 0.1) is 6.92 Å². The van der Waals surface area contributed by atoms with Gasteiger partial charge in [-0.15, -0.1) is 0 Å². The molecule has 0 aliphatic carbocycles. The van der Waals surface area contributed by atoms with Crippen LogP contribution in [0.15, 0.2) is 16.5 Å². The second-order valence-corrected chi connectivity index (χ2v) is 4.91. The molecule has 21 heavy (non-hydrogen) atoms. The van der Waals surface area contributed by atoms with Crippen molar-refractivity contribution in [3.8, 4) is 0 Å². The summed E-state index contributed by atoms with van der Waals surface area (Å²) in [5, 5.41) is 2.77. The third kappa shape index (κ3) is 3.98. The van der Waals surface area contributed by atoms with E-state index >= 15 is 0 Å². The number of nitrogens with one attached hydrogen (secondary N) is 1. The molecule has 1 N–H and O–H groups in total. The lowest BCUT2D eigenvalue weighted by Crippen LogP contribution is -2.53. The molecule has 7 heteroatoms. The first-order valence-electron chi connectivity index (χ1n) is 6.99. The molecule has 1 aromatic heterocycles. The summed E-state index contributed by atoms with van der Waals surface area (Å²) in [5.41, 5.74) is 0. The zero-order valence-corrected chi connectivity index (χ0v) is 12.4. The number of hydrogen-bond donors (Lipinski definition) is 1. The first kappa shape index (κ1) is 15.4. The molecule has 1 aliphatic rings.